The summed E-state index contributed by atoms with van der Waals surface area (Å²) in [7, 11) is 0. The number of halogens is 1. The monoisotopic (exact) mass is 333 g/mol. The molecule has 3 rings (SSSR count). The molecule has 2 aromatic heterocycles. The van der Waals surface area contributed by atoms with E-state index in [1.54, 1.807) is 0 Å². The number of nitrogens with zero attached hydrogens (tertiary/aromatic N) is 4. The molecule has 1 saturated heterocycles. The maximum Gasteiger partial charge on any atom is 0.162 e. The van der Waals surface area contributed by atoms with Crippen molar-refractivity contribution < 1.29 is 0 Å². The fourth-order valence-electron chi connectivity index (χ4n) is 2.50. The summed E-state index contributed by atoms with van der Waals surface area (Å²) < 4.78 is 3.97. The van der Waals surface area contributed by atoms with Crippen LogP contribution in [0.1, 0.15) is 30.4 Å². The Hall–Kier alpha value is -1.84. The summed E-state index contributed by atoms with van der Waals surface area (Å²) in [5.41, 5.74) is 1.47. The van der Waals surface area contributed by atoms with Crippen LogP contribution in [-0.2, 0) is 6.54 Å². The molecule has 0 unspecified atom stereocenters. The standard InChI is InChI=1S/C15H16ClN5S/c16-14-12(8-17)15(22-20-14)19-10-11-4-5-13(18-9-11)21-6-2-1-3-7-21/h4-5,9,19H,1-3,6-7,10H2. The lowest BCUT2D eigenvalue weighted by molar-refractivity contribution is 0.573. The van der Waals surface area contributed by atoms with E-state index in [1.165, 1.54) is 30.8 Å². The summed E-state index contributed by atoms with van der Waals surface area (Å²) in [4.78, 5) is 6.88. The zero-order valence-corrected chi connectivity index (χ0v) is 13.6. The molecule has 0 aliphatic carbocycles. The smallest absolute Gasteiger partial charge is 0.162 e. The first kappa shape index (κ1) is 15.1. The van der Waals surface area contributed by atoms with Crippen LogP contribution in [0.2, 0.25) is 5.15 Å². The average molecular weight is 334 g/mol. The second-order valence-electron chi connectivity index (χ2n) is 5.22. The van der Waals surface area contributed by atoms with Crippen LogP contribution in [0.5, 0.6) is 0 Å². The first-order valence-electron chi connectivity index (χ1n) is 7.27. The molecule has 0 atom stereocenters. The average Bonchev–Trinajstić information content (AvgIpc) is 2.94. The van der Waals surface area contributed by atoms with Crippen molar-refractivity contribution in [2.75, 3.05) is 23.3 Å². The minimum atomic E-state index is 0.258. The van der Waals surface area contributed by atoms with Gasteiger partial charge in [0.15, 0.2) is 5.15 Å². The van der Waals surface area contributed by atoms with Crippen molar-refractivity contribution in [3.63, 3.8) is 0 Å². The Bertz CT molecular complexity index is 670. The number of nitrogens with one attached hydrogen (secondary N) is 1. The summed E-state index contributed by atoms with van der Waals surface area (Å²) in [5.74, 6) is 1.04. The molecule has 1 N–H and O–H groups in total. The van der Waals surface area contributed by atoms with Gasteiger partial charge in [-0.25, -0.2) is 4.98 Å². The summed E-state index contributed by atoms with van der Waals surface area (Å²) in [6.45, 7) is 2.78. The van der Waals surface area contributed by atoms with E-state index in [4.69, 9.17) is 16.9 Å². The normalized spacial score (nSPS) is 14.6. The van der Waals surface area contributed by atoms with Crippen molar-refractivity contribution in [1.29, 1.82) is 5.26 Å². The zero-order valence-electron chi connectivity index (χ0n) is 12.0. The largest absolute Gasteiger partial charge is 0.370 e. The number of piperidine rings is 1. The van der Waals surface area contributed by atoms with E-state index in [9.17, 15) is 0 Å². The number of hydrogen-bond donors (Lipinski definition) is 1. The predicted octanol–water partition coefficient (Wildman–Crippen LogP) is 3.67. The number of nitriles is 1. The molecule has 0 saturated carbocycles. The van der Waals surface area contributed by atoms with Crippen LogP contribution >= 0.6 is 23.1 Å². The Morgan fingerprint density at radius 2 is 2.14 bits per heavy atom. The molecule has 0 spiro atoms. The van der Waals surface area contributed by atoms with E-state index < -0.39 is 0 Å². The third-order valence-electron chi connectivity index (χ3n) is 3.70. The molecule has 3 heterocycles. The van der Waals surface area contributed by atoms with Gasteiger partial charge in [-0.3, -0.25) is 0 Å². The second kappa shape index (κ2) is 6.95. The van der Waals surface area contributed by atoms with Crippen LogP contribution < -0.4 is 10.2 Å². The van der Waals surface area contributed by atoms with Crippen LogP contribution in [0.15, 0.2) is 18.3 Å². The SMILES string of the molecule is N#Cc1c(Cl)nsc1NCc1ccc(N2CCCCC2)nc1. The third kappa shape index (κ3) is 3.32. The number of pyridine rings is 1. The highest BCUT2D eigenvalue weighted by Gasteiger charge is 2.13. The highest BCUT2D eigenvalue weighted by molar-refractivity contribution is 7.10. The number of rotatable bonds is 4. The fraction of sp³-hybridized carbons (Fsp3) is 0.400. The van der Waals surface area contributed by atoms with Gasteiger partial charge < -0.3 is 10.2 Å². The molecule has 0 amide bonds. The van der Waals surface area contributed by atoms with Gasteiger partial charge in [-0.1, -0.05) is 17.7 Å². The van der Waals surface area contributed by atoms with Crippen molar-refractivity contribution in [3.05, 3.63) is 34.6 Å². The van der Waals surface area contributed by atoms with Crippen molar-refractivity contribution in [3.8, 4) is 6.07 Å². The molecule has 1 aliphatic rings. The molecule has 1 fully saturated rings. The van der Waals surface area contributed by atoms with E-state index >= 15 is 0 Å². The first-order valence-corrected chi connectivity index (χ1v) is 8.42. The van der Waals surface area contributed by atoms with Gasteiger partial charge in [-0.15, -0.1) is 0 Å². The maximum atomic E-state index is 9.04. The Labute approximate surface area is 138 Å². The van der Waals surface area contributed by atoms with Gasteiger partial charge in [0.2, 0.25) is 0 Å². The van der Waals surface area contributed by atoms with Gasteiger partial charge >= 0.3 is 0 Å². The molecule has 2 aromatic rings. The molecular formula is C15H16ClN5S. The zero-order chi connectivity index (χ0) is 15.4. The van der Waals surface area contributed by atoms with E-state index in [0.29, 0.717) is 17.1 Å². The lowest BCUT2D eigenvalue weighted by Gasteiger charge is -2.27. The molecule has 0 radical (unpaired) electrons. The lowest BCUT2D eigenvalue weighted by Crippen LogP contribution is -2.30. The molecule has 114 valence electrons. The van der Waals surface area contributed by atoms with Crippen molar-refractivity contribution >= 4 is 34.0 Å². The number of hydrogen-bond acceptors (Lipinski definition) is 6. The van der Waals surface area contributed by atoms with Gasteiger partial charge in [0.25, 0.3) is 0 Å². The Morgan fingerprint density at radius 1 is 1.32 bits per heavy atom. The molecule has 22 heavy (non-hydrogen) atoms. The highest BCUT2D eigenvalue weighted by atomic mass is 35.5. The van der Waals surface area contributed by atoms with Gasteiger partial charge in [0.1, 0.15) is 22.5 Å². The predicted molar refractivity (Wildman–Crippen MR) is 89.5 cm³/mol. The van der Waals surface area contributed by atoms with Gasteiger partial charge in [0.05, 0.1) is 0 Å². The summed E-state index contributed by atoms with van der Waals surface area (Å²) >= 11 is 7.05. The van der Waals surface area contributed by atoms with Crippen molar-refractivity contribution in [2.45, 2.75) is 25.8 Å². The number of anilines is 2. The molecular weight excluding hydrogens is 318 g/mol. The number of aromatic nitrogens is 2. The Kier molecular flexibility index (Phi) is 4.76. The molecule has 1 aliphatic heterocycles. The summed E-state index contributed by atoms with van der Waals surface area (Å²) in [6.07, 6.45) is 5.69. The van der Waals surface area contributed by atoms with Gasteiger partial charge in [-0.05, 0) is 42.4 Å². The van der Waals surface area contributed by atoms with E-state index in [2.05, 4.69) is 37.8 Å². The van der Waals surface area contributed by atoms with E-state index in [0.717, 1.165) is 24.5 Å². The van der Waals surface area contributed by atoms with E-state index in [-0.39, 0.29) is 5.15 Å². The van der Waals surface area contributed by atoms with Crippen LogP contribution in [-0.4, -0.2) is 22.4 Å². The molecule has 5 nitrogen and oxygen atoms in total. The fourth-order valence-corrected chi connectivity index (χ4v) is 3.43. The van der Waals surface area contributed by atoms with Crippen molar-refractivity contribution in [2.24, 2.45) is 0 Å². The quantitative estimate of drug-likeness (QED) is 0.924. The minimum Gasteiger partial charge on any atom is -0.370 e. The topological polar surface area (TPSA) is 64.8 Å². The van der Waals surface area contributed by atoms with Crippen molar-refractivity contribution in [1.82, 2.24) is 9.36 Å². The second-order valence-corrected chi connectivity index (χ2v) is 6.35. The van der Waals surface area contributed by atoms with Crippen LogP contribution in [0.4, 0.5) is 10.8 Å². The molecule has 0 aromatic carbocycles. The summed E-state index contributed by atoms with van der Waals surface area (Å²) in [6, 6.07) is 6.19. The van der Waals surface area contributed by atoms with E-state index in [1.807, 2.05) is 6.20 Å². The van der Waals surface area contributed by atoms with Crippen LogP contribution in [0.3, 0.4) is 0 Å². The maximum absolute atomic E-state index is 9.04. The molecule has 7 heteroatoms. The van der Waals surface area contributed by atoms with Gasteiger partial charge in [0, 0.05) is 25.8 Å². The minimum absolute atomic E-state index is 0.258. The van der Waals surface area contributed by atoms with Crippen LogP contribution in [0.25, 0.3) is 0 Å². The highest BCUT2D eigenvalue weighted by Crippen LogP contribution is 2.28. The van der Waals surface area contributed by atoms with Crippen LogP contribution in [0, 0.1) is 11.3 Å². The molecule has 0 bridgehead atoms. The summed E-state index contributed by atoms with van der Waals surface area (Å²) in [5, 5.41) is 13.2. The van der Waals surface area contributed by atoms with Gasteiger partial charge in [-0.2, -0.15) is 9.64 Å². The third-order valence-corrected chi connectivity index (χ3v) is 4.88. The first-order chi connectivity index (χ1) is 10.8. The Morgan fingerprint density at radius 3 is 2.82 bits per heavy atom. The Balaban J connectivity index is 1.62. The lowest BCUT2D eigenvalue weighted by atomic mass is 10.1.